The van der Waals surface area contributed by atoms with E-state index in [9.17, 15) is 9.18 Å². The number of methoxy groups -OCH3 is 1. The summed E-state index contributed by atoms with van der Waals surface area (Å²) in [7, 11) is 1.30. The molecule has 1 atom stereocenters. The van der Waals surface area contributed by atoms with Crippen LogP contribution in [0.2, 0.25) is 5.02 Å². The first-order chi connectivity index (χ1) is 7.58. The van der Waals surface area contributed by atoms with Crippen LogP contribution in [0.4, 0.5) is 10.1 Å². The number of hydrogen-bond acceptors (Lipinski definition) is 3. The van der Waals surface area contributed by atoms with Gasteiger partial charge in [0, 0.05) is 5.02 Å². The molecule has 0 heterocycles. The summed E-state index contributed by atoms with van der Waals surface area (Å²) < 4.78 is 18.0. The van der Waals surface area contributed by atoms with Crippen molar-refractivity contribution in [2.45, 2.75) is 19.4 Å². The normalized spacial score (nSPS) is 12.0. The highest BCUT2D eigenvalue weighted by molar-refractivity contribution is 6.30. The maximum atomic E-state index is 13.4. The van der Waals surface area contributed by atoms with Crippen molar-refractivity contribution < 1.29 is 13.9 Å². The van der Waals surface area contributed by atoms with Gasteiger partial charge in [0.25, 0.3) is 0 Å². The number of esters is 1. The lowest BCUT2D eigenvalue weighted by Gasteiger charge is -2.16. The van der Waals surface area contributed by atoms with E-state index in [1.807, 2.05) is 6.92 Å². The molecule has 5 heteroatoms. The zero-order valence-electron chi connectivity index (χ0n) is 9.09. The van der Waals surface area contributed by atoms with Crippen molar-refractivity contribution >= 4 is 23.3 Å². The Morgan fingerprint density at radius 3 is 2.81 bits per heavy atom. The predicted molar refractivity (Wildman–Crippen MR) is 61.1 cm³/mol. The van der Waals surface area contributed by atoms with E-state index in [0.29, 0.717) is 11.4 Å². The molecule has 0 aliphatic rings. The molecule has 0 bridgehead atoms. The lowest BCUT2D eigenvalue weighted by atomic mass is 10.2. The molecular weight excluding hydrogens is 233 g/mol. The maximum Gasteiger partial charge on any atom is 0.328 e. The fourth-order valence-electron chi connectivity index (χ4n) is 1.26. The van der Waals surface area contributed by atoms with Gasteiger partial charge in [0.05, 0.1) is 12.8 Å². The third kappa shape index (κ3) is 3.10. The SMILES string of the molecule is CCC(Nc1ccc(Cl)cc1F)C(=O)OC. The molecular formula is C11H13ClFNO2. The average molecular weight is 246 g/mol. The Bertz CT molecular complexity index is 384. The van der Waals surface area contributed by atoms with Crippen LogP contribution in [0.3, 0.4) is 0 Å². The van der Waals surface area contributed by atoms with Gasteiger partial charge in [-0.3, -0.25) is 0 Å². The molecule has 0 aliphatic carbocycles. The zero-order valence-corrected chi connectivity index (χ0v) is 9.84. The van der Waals surface area contributed by atoms with Crippen molar-refractivity contribution in [3.63, 3.8) is 0 Å². The molecule has 0 fully saturated rings. The lowest BCUT2D eigenvalue weighted by molar-refractivity contribution is -0.141. The van der Waals surface area contributed by atoms with Crippen molar-refractivity contribution in [2.24, 2.45) is 0 Å². The molecule has 1 aromatic carbocycles. The summed E-state index contributed by atoms with van der Waals surface area (Å²) in [4.78, 5) is 11.3. The van der Waals surface area contributed by atoms with Gasteiger partial charge < -0.3 is 10.1 Å². The third-order valence-electron chi connectivity index (χ3n) is 2.15. The van der Waals surface area contributed by atoms with Crippen molar-refractivity contribution in [3.8, 4) is 0 Å². The van der Waals surface area contributed by atoms with Crippen LogP contribution < -0.4 is 5.32 Å². The van der Waals surface area contributed by atoms with Crippen LogP contribution in [0.25, 0.3) is 0 Å². The average Bonchev–Trinajstić information content (AvgIpc) is 2.27. The Labute approximate surface area is 98.5 Å². The topological polar surface area (TPSA) is 38.3 Å². The van der Waals surface area contributed by atoms with E-state index in [2.05, 4.69) is 10.1 Å². The third-order valence-corrected chi connectivity index (χ3v) is 2.39. The Morgan fingerprint density at radius 2 is 2.31 bits per heavy atom. The van der Waals surface area contributed by atoms with Gasteiger partial charge in [-0.2, -0.15) is 0 Å². The first-order valence-electron chi connectivity index (χ1n) is 4.88. The Balaban J connectivity index is 2.82. The van der Waals surface area contributed by atoms with Gasteiger partial charge in [-0.15, -0.1) is 0 Å². The van der Waals surface area contributed by atoms with Gasteiger partial charge in [0.15, 0.2) is 0 Å². The number of nitrogens with one attached hydrogen (secondary N) is 1. The van der Waals surface area contributed by atoms with Crippen molar-refractivity contribution in [3.05, 3.63) is 29.0 Å². The minimum Gasteiger partial charge on any atom is -0.467 e. The van der Waals surface area contributed by atoms with Gasteiger partial charge in [0.1, 0.15) is 11.9 Å². The summed E-state index contributed by atoms with van der Waals surface area (Å²) in [5.41, 5.74) is 0.238. The van der Waals surface area contributed by atoms with Crippen molar-refractivity contribution in [1.29, 1.82) is 0 Å². The van der Waals surface area contributed by atoms with Crippen molar-refractivity contribution in [2.75, 3.05) is 12.4 Å². The second kappa shape index (κ2) is 5.70. The van der Waals surface area contributed by atoms with Crippen LogP contribution in [0.5, 0.6) is 0 Å². The van der Waals surface area contributed by atoms with E-state index in [-0.39, 0.29) is 5.69 Å². The summed E-state index contributed by atoms with van der Waals surface area (Å²) in [6.45, 7) is 1.81. The Hall–Kier alpha value is -1.29. The lowest BCUT2D eigenvalue weighted by Crippen LogP contribution is -2.30. The number of benzene rings is 1. The number of halogens is 2. The largest absolute Gasteiger partial charge is 0.467 e. The highest BCUT2D eigenvalue weighted by Gasteiger charge is 2.17. The fourth-order valence-corrected chi connectivity index (χ4v) is 1.42. The fraction of sp³-hybridized carbons (Fsp3) is 0.364. The van der Waals surface area contributed by atoms with Crippen molar-refractivity contribution in [1.82, 2.24) is 0 Å². The minimum atomic E-state index is -0.555. The number of hydrogen-bond donors (Lipinski definition) is 1. The van der Waals surface area contributed by atoms with E-state index < -0.39 is 17.8 Å². The molecule has 1 N–H and O–H groups in total. The first-order valence-corrected chi connectivity index (χ1v) is 5.25. The van der Waals surface area contributed by atoms with E-state index in [1.165, 1.54) is 19.2 Å². The highest BCUT2D eigenvalue weighted by Crippen LogP contribution is 2.20. The number of carbonyl (C=O) groups is 1. The number of rotatable bonds is 4. The minimum absolute atomic E-state index is 0.238. The molecule has 0 amide bonds. The maximum absolute atomic E-state index is 13.4. The second-order valence-corrected chi connectivity index (χ2v) is 3.69. The predicted octanol–water partition coefficient (Wildman–Crippen LogP) is 2.84. The van der Waals surface area contributed by atoms with Gasteiger partial charge in [-0.1, -0.05) is 18.5 Å². The summed E-state index contributed by atoms with van der Waals surface area (Å²) in [5.74, 6) is -0.910. The standard InChI is InChI=1S/C11H13ClFNO2/c1-3-9(11(15)16-2)14-10-5-4-7(12)6-8(10)13/h4-6,9,14H,3H2,1-2H3. The molecule has 0 aromatic heterocycles. The molecule has 0 saturated carbocycles. The first kappa shape index (κ1) is 12.8. The van der Waals surface area contributed by atoms with Crippen LogP contribution in [0.15, 0.2) is 18.2 Å². The van der Waals surface area contributed by atoms with Crippen LogP contribution in [-0.4, -0.2) is 19.1 Å². The molecule has 16 heavy (non-hydrogen) atoms. The molecule has 3 nitrogen and oxygen atoms in total. The summed E-state index contributed by atoms with van der Waals surface area (Å²) in [6, 6.07) is 3.68. The Kier molecular flexibility index (Phi) is 4.55. The smallest absolute Gasteiger partial charge is 0.328 e. The summed E-state index contributed by atoms with van der Waals surface area (Å²) >= 11 is 5.62. The van der Waals surface area contributed by atoms with Gasteiger partial charge in [0.2, 0.25) is 0 Å². The molecule has 1 unspecified atom stereocenters. The molecule has 1 aromatic rings. The van der Waals surface area contributed by atoms with Crippen LogP contribution in [0.1, 0.15) is 13.3 Å². The number of ether oxygens (including phenoxy) is 1. The molecule has 88 valence electrons. The van der Waals surface area contributed by atoms with Gasteiger partial charge in [-0.25, -0.2) is 9.18 Å². The molecule has 0 spiro atoms. The second-order valence-electron chi connectivity index (χ2n) is 3.25. The van der Waals surface area contributed by atoms with Gasteiger partial charge >= 0.3 is 5.97 Å². The number of carbonyl (C=O) groups excluding carboxylic acids is 1. The van der Waals surface area contributed by atoms with Gasteiger partial charge in [-0.05, 0) is 24.6 Å². The van der Waals surface area contributed by atoms with E-state index in [0.717, 1.165) is 0 Å². The molecule has 1 rings (SSSR count). The van der Waals surface area contributed by atoms with Crippen LogP contribution in [-0.2, 0) is 9.53 Å². The van der Waals surface area contributed by atoms with Crippen LogP contribution in [0, 0.1) is 5.82 Å². The van der Waals surface area contributed by atoms with E-state index in [4.69, 9.17) is 11.6 Å². The highest BCUT2D eigenvalue weighted by atomic mass is 35.5. The summed E-state index contributed by atoms with van der Waals surface area (Å²) in [5, 5.41) is 3.08. The molecule has 0 saturated heterocycles. The van der Waals surface area contributed by atoms with E-state index >= 15 is 0 Å². The Morgan fingerprint density at radius 1 is 1.62 bits per heavy atom. The molecule has 0 radical (unpaired) electrons. The monoisotopic (exact) mass is 245 g/mol. The summed E-state index contributed by atoms with van der Waals surface area (Å²) in [6.07, 6.45) is 0.509. The van der Waals surface area contributed by atoms with E-state index in [1.54, 1.807) is 6.07 Å². The molecule has 0 aliphatic heterocycles. The van der Waals surface area contributed by atoms with Crippen LogP contribution >= 0.6 is 11.6 Å². The zero-order chi connectivity index (χ0) is 12.1. The number of anilines is 1. The quantitative estimate of drug-likeness (QED) is 0.829.